The fourth-order valence-corrected chi connectivity index (χ4v) is 6.04. The lowest BCUT2D eigenvalue weighted by Gasteiger charge is -2.29. The van der Waals surface area contributed by atoms with E-state index in [-0.39, 0.29) is 11.9 Å². The number of fused-ring (bicyclic) bond motifs is 1. The van der Waals surface area contributed by atoms with Gasteiger partial charge < -0.3 is 15.0 Å². The van der Waals surface area contributed by atoms with Crippen LogP contribution in [-0.2, 0) is 9.53 Å². The van der Waals surface area contributed by atoms with Gasteiger partial charge in [0.05, 0.1) is 33.8 Å². The number of nitrogens with zero attached hydrogens (tertiary/aromatic N) is 2. The molecule has 0 aliphatic heterocycles. The van der Waals surface area contributed by atoms with Crippen LogP contribution in [0.2, 0.25) is 0 Å². The van der Waals surface area contributed by atoms with Crippen molar-refractivity contribution in [1.29, 1.82) is 0 Å². The predicted molar refractivity (Wildman–Crippen MR) is 182 cm³/mol. The first kappa shape index (κ1) is 34.2. The first-order valence-electron chi connectivity index (χ1n) is 16.1. The number of esters is 1. The lowest BCUT2D eigenvalue weighted by molar-refractivity contribution is -0.114. The molecule has 0 aliphatic carbocycles. The Kier molecular flexibility index (Phi) is 14.1. The van der Waals surface area contributed by atoms with Crippen LogP contribution in [0.15, 0.2) is 36.4 Å². The average Bonchev–Trinajstić information content (AvgIpc) is 3.42. The number of aromatic nitrogens is 1. The Morgan fingerprint density at radius 2 is 1.63 bits per heavy atom. The van der Waals surface area contributed by atoms with Crippen molar-refractivity contribution in [3.63, 3.8) is 0 Å². The van der Waals surface area contributed by atoms with Gasteiger partial charge in [-0.05, 0) is 68.0 Å². The largest absolute Gasteiger partial charge is 0.462 e. The Bertz CT molecular complexity index is 1310. The molecule has 0 bridgehead atoms. The van der Waals surface area contributed by atoms with Crippen molar-refractivity contribution in [2.24, 2.45) is 11.8 Å². The molecule has 43 heavy (non-hydrogen) atoms. The highest BCUT2D eigenvalue weighted by molar-refractivity contribution is 7.22. The van der Waals surface area contributed by atoms with Gasteiger partial charge in [0.1, 0.15) is 0 Å². The Morgan fingerprint density at radius 1 is 0.907 bits per heavy atom. The standard InChI is InChI=1S/C34H51N5O3S/c1-7-12-14-25(9-3)22-39(11-5)28-17-19-29(31(21-28)35-24(6)40)37-38-34-36-30-18-16-27(20-32(30)43-34)33(41)42-23-26(10-4)15-13-8-2/h16-21,25-26,37H,7-15,22-23H2,1-6H3,(H,35,40)(H,36,38). The van der Waals surface area contributed by atoms with Gasteiger partial charge in [0.15, 0.2) is 0 Å². The molecule has 3 N–H and O–H groups in total. The van der Waals surface area contributed by atoms with Crippen molar-refractivity contribution in [2.75, 3.05) is 40.8 Å². The summed E-state index contributed by atoms with van der Waals surface area (Å²) in [6.45, 7) is 14.9. The van der Waals surface area contributed by atoms with Crippen LogP contribution in [0.3, 0.4) is 0 Å². The second kappa shape index (κ2) is 17.7. The molecular weight excluding hydrogens is 558 g/mol. The number of hydrazine groups is 1. The van der Waals surface area contributed by atoms with Crippen LogP contribution in [0.5, 0.6) is 0 Å². The Balaban J connectivity index is 1.70. The molecule has 0 saturated carbocycles. The number of amides is 1. The SMILES string of the molecule is CCCCC(CC)COC(=O)c1ccc2nc(NNc3ccc(N(CC)CC(CC)CCCC)cc3NC(C)=O)sc2c1. The number of carbonyl (C=O) groups is 2. The molecule has 0 saturated heterocycles. The van der Waals surface area contributed by atoms with E-state index in [1.54, 1.807) is 6.07 Å². The molecular formula is C34H51N5O3S. The van der Waals surface area contributed by atoms with Crippen LogP contribution in [0.1, 0.15) is 103 Å². The fraction of sp³-hybridized carbons (Fsp3) is 0.559. The summed E-state index contributed by atoms with van der Waals surface area (Å²) in [5.41, 5.74) is 10.3. The van der Waals surface area contributed by atoms with Crippen LogP contribution in [0.4, 0.5) is 22.2 Å². The van der Waals surface area contributed by atoms with Gasteiger partial charge in [0.2, 0.25) is 11.0 Å². The zero-order valence-electron chi connectivity index (χ0n) is 26.9. The van der Waals surface area contributed by atoms with Crippen LogP contribution in [0, 0.1) is 11.8 Å². The third-order valence-electron chi connectivity index (χ3n) is 8.00. The number of anilines is 4. The van der Waals surface area contributed by atoms with E-state index >= 15 is 0 Å². The van der Waals surface area contributed by atoms with Crippen molar-refractivity contribution in [1.82, 2.24) is 4.98 Å². The van der Waals surface area contributed by atoms with Crippen LogP contribution in [0.25, 0.3) is 10.2 Å². The molecule has 3 aromatic rings. The minimum atomic E-state index is -0.297. The number of hydrogen-bond donors (Lipinski definition) is 3. The number of thiazole rings is 1. The van der Waals surface area contributed by atoms with Gasteiger partial charge in [0.25, 0.3) is 0 Å². The smallest absolute Gasteiger partial charge is 0.338 e. The molecule has 1 amide bonds. The highest BCUT2D eigenvalue weighted by Gasteiger charge is 2.16. The first-order valence-corrected chi connectivity index (χ1v) is 16.9. The highest BCUT2D eigenvalue weighted by atomic mass is 32.1. The van der Waals surface area contributed by atoms with Crippen LogP contribution < -0.4 is 21.1 Å². The number of nitrogens with one attached hydrogen (secondary N) is 3. The maximum atomic E-state index is 12.7. The lowest BCUT2D eigenvalue weighted by atomic mass is 9.98. The van der Waals surface area contributed by atoms with Gasteiger partial charge >= 0.3 is 5.97 Å². The first-order chi connectivity index (χ1) is 20.8. The maximum absolute atomic E-state index is 12.7. The average molecular weight is 610 g/mol. The summed E-state index contributed by atoms with van der Waals surface area (Å²) in [6, 6.07) is 11.6. The number of ether oxygens (including phenoxy) is 1. The third-order valence-corrected chi connectivity index (χ3v) is 8.94. The molecule has 2 unspecified atom stereocenters. The van der Waals surface area contributed by atoms with E-state index in [0.717, 1.165) is 66.8 Å². The Hall–Kier alpha value is -3.33. The van der Waals surface area contributed by atoms with Gasteiger partial charge in [0, 0.05) is 25.7 Å². The summed E-state index contributed by atoms with van der Waals surface area (Å²) in [5.74, 6) is 0.616. The Labute approximate surface area is 262 Å². The number of benzene rings is 2. The van der Waals surface area contributed by atoms with Crippen LogP contribution >= 0.6 is 11.3 Å². The third kappa shape index (κ3) is 10.4. The molecule has 0 aliphatic rings. The monoisotopic (exact) mass is 609 g/mol. The van der Waals surface area contributed by atoms with Gasteiger partial charge in [-0.1, -0.05) is 77.6 Å². The second-order valence-corrected chi connectivity index (χ2v) is 12.4. The van der Waals surface area contributed by atoms with Crippen molar-refractivity contribution in [2.45, 2.75) is 92.9 Å². The predicted octanol–water partition coefficient (Wildman–Crippen LogP) is 9.11. The number of rotatable bonds is 19. The normalized spacial score (nSPS) is 12.5. The molecule has 236 valence electrons. The molecule has 8 nitrogen and oxygen atoms in total. The molecule has 3 rings (SSSR count). The summed E-state index contributed by atoms with van der Waals surface area (Å²) < 4.78 is 6.53. The summed E-state index contributed by atoms with van der Waals surface area (Å²) in [7, 11) is 0. The van der Waals surface area contributed by atoms with Crippen LogP contribution in [-0.4, -0.2) is 36.6 Å². The molecule has 9 heteroatoms. The van der Waals surface area contributed by atoms with E-state index in [2.05, 4.69) is 66.7 Å². The molecule has 2 atom stereocenters. The number of carbonyl (C=O) groups excluding carboxylic acids is 2. The lowest BCUT2D eigenvalue weighted by Crippen LogP contribution is -2.29. The van der Waals surface area contributed by atoms with Crippen molar-refractivity contribution < 1.29 is 14.3 Å². The Morgan fingerprint density at radius 3 is 2.28 bits per heavy atom. The maximum Gasteiger partial charge on any atom is 0.338 e. The number of unbranched alkanes of at least 4 members (excludes halogenated alkanes) is 2. The highest BCUT2D eigenvalue weighted by Crippen LogP contribution is 2.31. The summed E-state index contributed by atoms with van der Waals surface area (Å²) in [6.07, 6.45) is 9.23. The van der Waals surface area contributed by atoms with Gasteiger partial charge in [-0.25, -0.2) is 9.78 Å². The minimum absolute atomic E-state index is 0.132. The van der Waals surface area contributed by atoms with Gasteiger partial charge in [-0.2, -0.15) is 0 Å². The van der Waals surface area contributed by atoms with E-state index in [1.807, 2.05) is 24.3 Å². The molecule has 1 aromatic heterocycles. The molecule has 0 spiro atoms. The molecule has 1 heterocycles. The summed E-state index contributed by atoms with van der Waals surface area (Å²) >= 11 is 1.45. The van der Waals surface area contributed by atoms with Crippen molar-refractivity contribution >= 4 is 55.6 Å². The van der Waals surface area contributed by atoms with E-state index in [4.69, 9.17) is 4.74 Å². The van der Waals surface area contributed by atoms with E-state index in [0.29, 0.717) is 34.8 Å². The molecule has 0 radical (unpaired) electrons. The zero-order valence-corrected chi connectivity index (χ0v) is 27.7. The zero-order chi connectivity index (χ0) is 31.2. The minimum Gasteiger partial charge on any atom is -0.462 e. The van der Waals surface area contributed by atoms with Gasteiger partial charge in [-0.3, -0.25) is 15.6 Å². The second-order valence-electron chi connectivity index (χ2n) is 11.3. The van der Waals surface area contributed by atoms with E-state index < -0.39 is 0 Å². The summed E-state index contributed by atoms with van der Waals surface area (Å²) in [4.78, 5) is 31.9. The fourth-order valence-electron chi connectivity index (χ4n) is 5.18. The van der Waals surface area contributed by atoms with E-state index in [9.17, 15) is 9.59 Å². The number of hydrogen-bond acceptors (Lipinski definition) is 8. The molecule has 0 fully saturated rings. The van der Waals surface area contributed by atoms with Crippen molar-refractivity contribution in [3.8, 4) is 0 Å². The van der Waals surface area contributed by atoms with E-state index in [1.165, 1.54) is 37.5 Å². The topological polar surface area (TPSA) is 95.6 Å². The quantitative estimate of drug-likeness (QED) is 0.0921. The summed E-state index contributed by atoms with van der Waals surface area (Å²) in [5, 5.41) is 3.63. The molecule has 2 aromatic carbocycles. The van der Waals surface area contributed by atoms with Crippen molar-refractivity contribution in [3.05, 3.63) is 42.0 Å². The van der Waals surface area contributed by atoms with Gasteiger partial charge in [-0.15, -0.1) is 0 Å².